The summed E-state index contributed by atoms with van der Waals surface area (Å²) >= 11 is 0. The van der Waals surface area contributed by atoms with Crippen molar-refractivity contribution in [2.45, 2.75) is 6.92 Å². The summed E-state index contributed by atoms with van der Waals surface area (Å²) < 4.78 is 1.67. The lowest BCUT2D eigenvalue weighted by Crippen LogP contribution is -2.01. The predicted molar refractivity (Wildman–Crippen MR) is 105 cm³/mol. The maximum atomic E-state index is 6.14. The Morgan fingerprint density at radius 3 is 2.73 bits per heavy atom. The SMILES string of the molecule is Cc1cccc(/C=N/Nc2cc(N)c3nc(-c4ccccc4)cn3n2)c1. The number of imidazole rings is 1. The Kier molecular flexibility index (Phi) is 4.07. The molecule has 0 atom stereocenters. The van der Waals surface area contributed by atoms with Crippen LogP contribution in [0.25, 0.3) is 16.9 Å². The van der Waals surface area contributed by atoms with Crippen molar-refractivity contribution >= 4 is 23.4 Å². The fraction of sp³-hybridized carbons (Fsp3) is 0.0500. The fourth-order valence-electron chi connectivity index (χ4n) is 2.73. The highest BCUT2D eigenvalue weighted by Crippen LogP contribution is 2.22. The van der Waals surface area contributed by atoms with E-state index < -0.39 is 0 Å². The zero-order valence-corrected chi connectivity index (χ0v) is 14.3. The van der Waals surface area contributed by atoms with Gasteiger partial charge in [0.1, 0.15) is 0 Å². The number of nitrogens with two attached hydrogens (primary N) is 1. The minimum atomic E-state index is 0.537. The molecule has 0 aliphatic rings. The summed E-state index contributed by atoms with van der Waals surface area (Å²) in [6.45, 7) is 2.05. The molecule has 3 N–H and O–H groups in total. The number of fused-ring (bicyclic) bond motifs is 1. The fourth-order valence-corrected chi connectivity index (χ4v) is 2.73. The van der Waals surface area contributed by atoms with E-state index in [0.29, 0.717) is 17.2 Å². The molecule has 2 aromatic heterocycles. The summed E-state index contributed by atoms with van der Waals surface area (Å²) in [6.07, 6.45) is 3.61. The molecule has 0 saturated carbocycles. The van der Waals surface area contributed by atoms with E-state index in [4.69, 9.17) is 5.73 Å². The third-order valence-corrected chi connectivity index (χ3v) is 3.96. The Hall–Kier alpha value is -3.67. The normalized spacial score (nSPS) is 11.3. The second kappa shape index (κ2) is 6.68. The van der Waals surface area contributed by atoms with Gasteiger partial charge in [-0.2, -0.15) is 5.10 Å². The van der Waals surface area contributed by atoms with Crippen LogP contribution in [0.15, 0.2) is 72.0 Å². The van der Waals surface area contributed by atoms with Gasteiger partial charge in [0.05, 0.1) is 23.8 Å². The predicted octanol–water partition coefficient (Wildman–Crippen LogP) is 3.73. The number of benzene rings is 2. The molecule has 128 valence electrons. The topological polar surface area (TPSA) is 80.6 Å². The maximum absolute atomic E-state index is 6.14. The number of aryl methyl sites for hydroxylation is 1. The van der Waals surface area contributed by atoms with Gasteiger partial charge in [-0.25, -0.2) is 9.50 Å². The molecular formula is C20H18N6. The van der Waals surface area contributed by atoms with Crippen molar-refractivity contribution in [1.82, 2.24) is 14.6 Å². The van der Waals surface area contributed by atoms with E-state index in [1.807, 2.05) is 61.7 Å². The van der Waals surface area contributed by atoms with Crippen LogP contribution in [0.4, 0.5) is 11.5 Å². The van der Waals surface area contributed by atoms with Crippen molar-refractivity contribution in [3.05, 3.63) is 78.0 Å². The second-order valence-electron chi connectivity index (χ2n) is 6.03. The molecule has 0 radical (unpaired) electrons. The number of nitrogens with zero attached hydrogens (tertiary/aromatic N) is 4. The smallest absolute Gasteiger partial charge is 0.177 e. The highest BCUT2D eigenvalue weighted by Gasteiger charge is 2.09. The van der Waals surface area contributed by atoms with Crippen LogP contribution in [0.5, 0.6) is 0 Å². The maximum Gasteiger partial charge on any atom is 0.177 e. The molecule has 0 aliphatic heterocycles. The quantitative estimate of drug-likeness (QED) is 0.437. The summed E-state index contributed by atoms with van der Waals surface area (Å²) in [5, 5.41) is 8.72. The van der Waals surface area contributed by atoms with Gasteiger partial charge in [0.2, 0.25) is 0 Å². The van der Waals surface area contributed by atoms with Crippen LogP contribution >= 0.6 is 0 Å². The molecule has 2 heterocycles. The van der Waals surface area contributed by atoms with Gasteiger partial charge in [-0.1, -0.05) is 60.2 Å². The van der Waals surface area contributed by atoms with Crippen molar-refractivity contribution < 1.29 is 0 Å². The van der Waals surface area contributed by atoms with Crippen LogP contribution in [0.1, 0.15) is 11.1 Å². The average Bonchev–Trinajstić information content (AvgIpc) is 3.07. The van der Waals surface area contributed by atoms with E-state index in [9.17, 15) is 0 Å². The van der Waals surface area contributed by atoms with Crippen molar-refractivity contribution in [2.75, 3.05) is 11.2 Å². The number of rotatable bonds is 4. The zero-order valence-electron chi connectivity index (χ0n) is 14.3. The molecule has 26 heavy (non-hydrogen) atoms. The summed E-state index contributed by atoms with van der Waals surface area (Å²) in [4.78, 5) is 4.57. The molecule has 0 aliphatic carbocycles. The summed E-state index contributed by atoms with van der Waals surface area (Å²) in [6, 6.07) is 19.7. The van der Waals surface area contributed by atoms with Crippen LogP contribution in [-0.4, -0.2) is 20.8 Å². The first-order valence-electron chi connectivity index (χ1n) is 8.26. The molecule has 6 heteroatoms. The molecular weight excluding hydrogens is 324 g/mol. The monoisotopic (exact) mass is 342 g/mol. The van der Waals surface area contributed by atoms with E-state index in [0.717, 1.165) is 16.8 Å². The number of aromatic nitrogens is 3. The Balaban J connectivity index is 1.60. The van der Waals surface area contributed by atoms with Gasteiger partial charge in [0.15, 0.2) is 11.5 Å². The van der Waals surface area contributed by atoms with Gasteiger partial charge in [-0.05, 0) is 12.5 Å². The Morgan fingerprint density at radius 1 is 1.08 bits per heavy atom. The van der Waals surface area contributed by atoms with Crippen molar-refractivity contribution in [3.63, 3.8) is 0 Å². The van der Waals surface area contributed by atoms with Gasteiger partial charge < -0.3 is 5.73 Å². The number of nitrogen functional groups attached to an aromatic ring is 1. The molecule has 4 rings (SSSR count). The highest BCUT2D eigenvalue weighted by atomic mass is 15.4. The summed E-state index contributed by atoms with van der Waals surface area (Å²) in [5.74, 6) is 0.552. The summed E-state index contributed by atoms with van der Waals surface area (Å²) in [5.41, 5.74) is 14.3. The Labute approximate surface area is 151 Å². The number of hydrogen-bond acceptors (Lipinski definition) is 5. The van der Waals surface area contributed by atoms with Crippen LogP contribution in [0, 0.1) is 6.92 Å². The molecule has 0 bridgehead atoms. The van der Waals surface area contributed by atoms with Crippen LogP contribution in [0.2, 0.25) is 0 Å². The van der Waals surface area contributed by atoms with E-state index in [1.165, 1.54) is 5.56 Å². The molecule has 0 spiro atoms. The highest BCUT2D eigenvalue weighted by molar-refractivity contribution is 5.80. The van der Waals surface area contributed by atoms with Crippen molar-refractivity contribution in [1.29, 1.82) is 0 Å². The van der Waals surface area contributed by atoms with Crippen LogP contribution in [-0.2, 0) is 0 Å². The lowest BCUT2D eigenvalue weighted by atomic mass is 10.2. The summed E-state index contributed by atoms with van der Waals surface area (Å²) in [7, 11) is 0. The largest absolute Gasteiger partial charge is 0.396 e. The van der Waals surface area contributed by atoms with Gasteiger partial charge in [0, 0.05) is 11.6 Å². The van der Waals surface area contributed by atoms with E-state index in [-0.39, 0.29) is 0 Å². The van der Waals surface area contributed by atoms with Gasteiger partial charge >= 0.3 is 0 Å². The lowest BCUT2D eigenvalue weighted by Gasteiger charge is -2.02. The van der Waals surface area contributed by atoms with Gasteiger partial charge in [-0.15, -0.1) is 5.10 Å². The standard InChI is InChI=1S/C20H18N6/c1-14-6-5-7-15(10-14)12-22-24-19-11-17(21)20-23-18(13-26(20)25-19)16-8-3-2-4-9-16/h2-13H,21H2,1H3,(H,24,25)/b22-12+. The first-order chi connectivity index (χ1) is 12.7. The first-order valence-corrected chi connectivity index (χ1v) is 8.26. The van der Waals surface area contributed by atoms with Crippen LogP contribution in [0.3, 0.4) is 0 Å². The average molecular weight is 342 g/mol. The third-order valence-electron chi connectivity index (χ3n) is 3.96. The molecule has 0 amide bonds. The van der Waals surface area contributed by atoms with E-state index >= 15 is 0 Å². The number of nitrogens with one attached hydrogen (secondary N) is 1. The number of anilines is 2. The van der Waals surface area contributed by atoms with Crippen molar-refractivity contribution in [3.8, 4) is 11.3 Å². The van der Waals surface area contributed by atoms with E-state index in [2.05, 4.69) is 26.7 Å². The molecule has 4 aromatic rings. The second-order valence-corrected chi connectivity index (χ2v) is 6.03. The Morgan fingerprint density at radius 2 is 1.92 bits per heavy atom. The van der Waals surface area contributed by atoms with Crippen molar-refractivity contribution in [2.24, 2.45) is 5.10 Å². The molecule has 0 fully saturated rings. The number of hydrogen-bond donors (Lipinski definition) is 2. The van der Waals surface area contributed by atoms with E-state index in [1.54, 1.807) is 16.8 Å². The lowest BCUT2D eigenvalue weighted by molar-refractivity contribution is 0.936. The van der Waals surface area contributed by atoms with Gasteiger partial charge in [0.25, 0.3) is 0 Å². The first kappa shape index (κ1) is 15.8. The third kappa shape index (κ3) is 3.25. The molecule has 6 nitrogen and oxygen atoms in total. The van der Waals surface area contributed by atoms with Crippen LogP contribution < -0.4 is 11.2 Å². The zero-order chi connectivity index (χ0) is 17.9. The molecule has 2 aromatic carbocycles. The number of hydrazone groups is 1. The minimum absolute atomic E-state index is 0.537. The van der Waals surface area contributed by atoms with Gasteiger partial charge in [-0.3, -0.25) is 5.43 Å². The molecule has 0 saturated heterocycles. The Bertz CT molecular complexity index is 1080. The minimum Gasteiger partial charge on any atom is -0.396 e. The molecule has 0 unspecified atom stereocenters.